The van der Waals surface area contributed by atoms with Crippen LogP contribution in [0.1, 0.15) is 25.0 Å². The first kappa shape index (κ1) is 8.48. The molecule has 0 radical (unpaired) electrons. The van der Waals surface area contributed by atoms with Gasteiger partial charge in [-0.1, -0.05) is 12.8 Å². The molecule has 1 aliphatic heterocycles. The van der Waals surface area contributed by atoms with Crippen molar-refractivity contribution in [1.82, 2.24) is 0 Å². The van der Waals surface area contributed by atoms with E-state index < -0.39 is 0 Å². The molecule has 12 heavy (non-hydrogen) atoms. The zero-order valence-corrected chi connectivity index (χ0v) is 8.62. The third kappa shape index (κ3) is 1.16. The van der Waals surface area contributed by atoms with Crippen molar-refractivity contribution < 1.29 is 5.11 Å². The van der Waals surface area contributed by atoms with E-state index >= 15 is 0 Å². The molecule has 1 unspecified atom stereocenters. The highest BCUT2D eigenvalue weighted by molar-refractivity contribution is 8.16. The Labute approximate surface area is 79.0 Å². The predicted octanol–water partition coefficient (Wildman–Crippen LogP) is 2.63. The van der Waals surface area contributed by atoms with Crippen molar-refractivity contribution >= 4 is 27.7 Å². The molecule has 1 nitrogen and oxygen atoms in total. The second-order valence-corrected chi connectivity index (χ2v) is 6.40. The SMILES string of the molecule is C=S1c2sccc2[C@H](O)C[C@@H]1C. The highest BCUT2D eigenvalue weighted by Crippen LogP contribution is 2.47. The fourth-order valence-electron chi connectivity index (χ4n) is 1.51. The summed E-state index contributed by atoms with van der Waals surface area (Å²) in [4.78, 5) is 0. The number of rotatable bonds is 0. The second kappa shape index (κ2) is 2.98. The first-order valence-corrected chi connectivity index (χ1v) is 6.32. The molecule has 3 heteroatoms. The lowest BCUT2D eigenvalue weighted by molar-refractivity contribution is 0.164. The Kier molecular flexibility index (Phi) is 2.10. The molecule has 0 saturated heterocycles. The summed E-state index contributed by atoms with van der Waals surface area (Å²) in [7, 11) is 0.109. The minimum atomic E-state index is -0.244. The van der Waals surface area contributed by atoms with E-state index in [0.717, 1.165) is 12.0 Å². The molecular formula is C9H12OS2. The Hall–Kier alpha value is -0.120. The number of aliphatic hydroxyl groups is 1. The molecule has 0 aliphatic carbocycles. The monoisotopic (exact) mass is 200 g/mol. The van der Waals surface area contributed by atoms with E-state index in [-0.39, 0.29) is 16.6 Å². The minimum absolute atomic E-state index is 0.109. The zero-order valence-electron chi connectivity index (χ0n) is 6.99. The fourth-order valence-corrected chi connectivity index (χ4v) is 4.62. The lowest BCUT2D eigenvalue weighted by Gasteiger charge is -2.26. The van der Waals surface area contributed by atoms with Gasteiger partial charge in [-0.3, -0.25) is 0 Å². The van der Waals surface area contributed by atoms with Crippen LogP contribution in [0.3, 0.4) is 0 Å². The Morgan fingerprint density at radius 1 is 1.75 bits per heavy atom. The van der Waals surface area contributed by atoms with Gasteiger partial charge >= 0.3 is 0 Å². The van der Waals surface area contributed by atoms with Crippen molar-refractivity contribution in [3.05, 3.63) is 17.0 Å². The summed E-state index contributed by atoms with van der Waals surface area (Å²) in [6.07, 6.45) is 0.628. The molecule has 1 aromatic heterocycles. The Bertz CT molecular complexity index is 316. The number of thiophene rings is 1. The standard InChI is InChI=1S/C9H12OS2/c1-6-5-8(10)7-3-4-11-9(7)12(6)2/h3-4,6,8,10H,2,5H2,1H3/t6-,8+,12?/m0/s1. The number of aliphatic hydroxyl groups excluding tert-OH is 1. The minimum Gasteiger partial charge on any atom is -0.388 e. The topological polar surface area (TPSA) is 20.2 Å². The maximum absolute atomic E-state index is 9.72. The van der Waals surface area contributed by atoms with Crippen LogP contribution in [0.4, 0.5) is 0 Å². The van der Waals surface area contributed by atoms with Gasteiger partial charge in [-0.2, -0.15) is 0 Å². The third-order valence-corrected chi connectivity index (χ3v) is 5.83. The fraction of sp³-hybridized carbons (Fsp3) is 0.444. The van der Waals surface area contributed by atoms with E-state index in [4.69, 9.17) is 0 Å². The molecule has 0 amide bonds. The highest BCUT2D eigenvalue weighted by Gasteiger charge is 2.25. The van der Waals surface area contributed by atoms with Gasteiger partial charge in [0.1, 0.15) is 0 Å². The number of fused-ring (bicyclic) bond motifs is 1. The molecule has 1 aliphatic rings. The number of hydrogen-bond donors (Lipinski definition) is 1. The molecule has 66 valence electrons. The Balaban J connectivity index is 2.50. The summed E-state index contributed by atoms with van der Waals surface area (Å²) in [6, 6.07) is 2.03. The summed E-state index contributed by atoms with van der Waals surface area (Å²) < 4.78 is 1.31. The molecule has 2 heterocycles. The molecule has 0 spiro atoms. The van der Waals surface area contributed by atoms with Gasteiger partial charge in [0.05, 0.1) is 10.3 Å². The van der Waals surface area contributed by atoms with Crippen LogP contribution in [0.15, 0.2) is 15.7 Å². The van der Waals surface area contributed by atoms with Gasteiger partial charge in [0.25, 0.3) is 0 Å². The average molecular weight is 200 g/mol. The van der Waals surface area contributed by atoms with Crippen LogP contribution in [0, 0.1) is 0 Å². The summed E-state index contributed by atoms with van der Waals surface area (Å²) >= 11 is 1.73. The van der Waals surface area contributed by atoms with E-state index in [1.54, 1.807) is 11.3 Å². The van der Waals surface area contributed by atoms with Gasteiger partial charge in [0, 0.05) is 10.8 Å². The molecule has 0 saturated carbocycles. The molecule has 1 N–H and O–H groups in total. The Morgan fingerprint density at radius 2 is 2.50 bits per heavy atom. The van der Waals surface area contributed by atoms with Crippen LogP contribution in [0.5, 0.6) is 0 Å². The third-order valence-electron chi connectivity index (χ3n) is 2.30. The van der Waals surface area contributed by atoms with E-state index in [9.17, 15) is 5.11 Å². The van der Waals surface area contributed by atoms with Gasteiger partial charge in [-0.05, 0) is 17.9 Å². The van der Waals surface area contributed by atoms with Gasteiger partial charge in [-0.15, -0.1) is 21.8 Å². The predicted molar refractivity (Wildman–Crippen MR) is 56.3 cm³/mol. The van der Waals surface area contributed by atoms with Crippen LogP contribution in [-0.4, -0.2) is 16.2 Å². The normalized spacial score (nSPS) is 34.7. The zero-order chi connectivity index (χ0) is 8.72. The maximum atomic E-state index is 9.72. The molecule has 0 fully saturated rings. The van der Waals surface area contributed by atoms with Gasteiger partial charge in [-0.25, -0.2) is 0 Å². The van der Waals surface area contributed by atoms with E-state index in [0.29, 0.717) is 5.25 Å². The first-order valence-electron chi connectivity index (χ1n) is 3.98. The van der Waals surface area contributed by atoms with E-state index in [1.165, 1.54) is 4.21 Å². The van der Waals surface area contributed by atoms with Crippen molar-refractivity contribution in [2.24, 2.45) is 0 Å². The molecule has 3 atom stereocenters. The van der Waals surface area contributed by atoms with E-state index in [2.05, 4.69) is 18.2 Å². The molecular weight excluding hydrogens is 188 g/mol. The van der Waals surface area contributed by atoms with Crippen molar-refractivity contribution in [2.75, 3.05) is 0 Å². The highest BCUT2D eigenvalue weighted by atomic mass is 32.2. The van der Waals surface area contributed by atoms with Crippen LogP contribution < -0.4 is 0 Å². The van der Waals surface area contributed by atoms with Crippen molar-refractivity contribution in [3.63, 3.8) is 0 Å². The van der Waals surface area contributed by atoms with Crippen LogP contribution in [0.25, 0.3) is 0 Å². The lowest BCUT2D eigenvalue weighted by Crippen LogP contribution is -2.12. The van der Waals surface area contributed by atoms with Crippen LogP contribution in [-0.2, 0) is 0 Å². The largest absolute Gasteiger partial charge is 0.388 e. The summed E-state index contributed by atoms with van der Waals surface area (Å²) in [5.41, 5.74) is 1.12. The average Bonchev–Trinajstić information content (AvgIpc) is 2.48. The Morgan fingerprint density at radius 3 is 3.25 bits per heavy atom. The van der Waals surface area contributed by atoms with Gasteiger partial charge in [0.15, 0.2) is 0 Å². The molecule has 0 bridgehead atoms. The first-order chi connectivity index (χ1) is 5.70. The quantitative estimate of drug-likeness (QED) is 0.638. The number of hydrogen-bond acceptors (Lipinski definition) is 2. The summed E-state index contributed by atoms with van der Waals surface area (Å²) in [6.45, 7) is 2.17. The summed E-state index contributed by atoms with van der Waals surface area (Å²) in [5, 5.41) is 12.3. The van der Waals surface area contributed by atoms with Crippen LogP contribution >= 0.6 is 21.8 Å². The molecule has 2 rings (SSSR count). The second-order valence-electron chi connectivity index (χ2n) is 3.15. The van der Waals surface area contributed by atoms with E-state index in [1.807, 2.05) is 6.07 Å². The maximum Gasteiger partial charge on any atom is 0.0819 e. The van der Waals surface area contributed by atoms with Gasteiger partial charge in [0.2, 0.25) is 0 Å². The van der Waals surface area contributed by atoms with Crippen LogP contribution in [0.2, 0.25) is 0 Å². The van der Waals surface area contributed by atoms with Crippen molar-refractivity contribution in [3.8, 4) is 0 Å². The lowest BCUT2D eigenvalue weighted by atomic mass is 10.1. The molecule has 1 aromatic rings. The van der Waals surface area contributed by atoms with Gasteiger partial charge < -0.3 is 5.11 Å². The molecule has 0 aromatic carbocycles. The summed E-state index contributed by atoms with van der Waals surface area (Å²) in [5.74, 6) is 4.15. The smallest absolute Gasteiger partial charge is 0.0819 e. The van der Waals surface area contributed by atoms with Crippen molar-refractivity contribution in [2.45, 2.75) is 28.9 Å². The van der Waals surface area contributed by atoms with Crippen molar-refractivity contribution in [1.29, 1.82) is 0 Å².